The van der Waals surface area contributed by atoms with Crippen LogP contribution in [0.15, 0.2) is 18.2 Å². The summed E-state index contributed by atoms with van der Waals surface area (Å²) >= 11 is 0. The van der Waals surface area contributed by atoms with Gasteiger partial charge in [-0.3, -0.25) is 0 Å². The molecule has 0 saturated heterocycles. The molecule has 0 bridgehead atoms. The van der Waals surface area contributed by atoms with Gasteiger partial charge in [-0.05, 0) is 13.0 Å². The summed E-state index contributed by atoms with van der Waals surface area (Å²) in [5.41, 5.74) is 6.40. The van der Waals surface area contributed by atoms with E-state index in [-0.39, 0.29) is 6.04 Å². The maximum atomic E-state index is 9.99. The number of benzene rings is 1. The highest BCUT2D eigenvalue weighted by atomic mass is 16.5. The van der Waals surface area contributed by atoms with Crippen molar-refractivity contribution in [1.82, 2.24) is 0 Å². The molecule has 0 spiro atoms. The second kappa shape index (κ2) is 4.72. The molecule has 0 amide bonds. The van der Waals surface area contributed by atoms with E-state index in [2.05, 4.69) is 0 Å². The number of hydrogen-bond acceptors (Lipinski definition) is 4. The van der Waals surface area contributed by atoms with Crippen molar-refractivity contribution in [2.45, 2.75) is 25.5 Å². The second-order valence-electron chi connectivity index (χ2n) is 4.03. The molecule has 4 heteroatoms. The zero-order valence-corrected chi connectivity index (χ0v) is 9.35. The van der Waals surface area contributed by atoms with Crippen LogP contribution in [-0.4, -0.2) is 24.4 Å². The Kier molecular flexibility index (Phi) is 3.31. The fraction of sp³-hybridized carbons (Fsp3) is 0.500. The van der Waals surface area contributed by atoms with Crippen molar-refractivity contribution in [3.8, 4) is 11.5 Å². The molecule has 1 heterocycles. The Bertz CT molecular complexity index is 365. The number of aliphatic hydroxyl groups excluding tert-OH is 1. The Balaban J connectivity index is 2.38. The molecule has 0 aliphatic carbocycles. The molecule has 1 aliphatic heterocycles. The summed E-state index contributed by atoms with van der Waals surface area (Å²) in [6.45, 7) is 3.02. The minimum atomic E-state index is -0.725. The quantitative estimate of drug-likeness (QED) is 0.791. The van der Waals surface area contributed by atoms with Gasteiger partial charge in [-0.15, -0.1) is 0 Å². The number of nitrogens with two attached hydrogens (primary N) is 1. The van der Waals surface area contributed by atoms with E-state index in [9.17, 15) is 5.11 Å². The molecular weight excluding hydrogens is 206 g/mol. The summed E-state index contributed by atoms with van der Waals surface area (Å²) in [5.74, 6) is 1.32. The first-order valence-corrected chi connectivity index (χ1v) is 5.52. The summed E-state index contributed by atoms with van der Waals surface area (Å²) in [7, 11) is 0. The summed E-state index contributed by atoms with van der Waals surface area (Å²) in [6, 6.07) is 5.17. The van der Waals surface area contributed by atoms with Gasteiger partial charge in [0.1, 0.15) is 0 Å². The first-order chi connectivity index (χ1) is 7.70. The molecule has 0 aromatic heterocycles. The average molecular weight is 223 g/mol. The molecule has 2 unspecified atom stereocenters. The standard InChI is InChI=1S/C12H17NO3/c1-8(13)11(14)9-4-2-5-10-12(9)16-7-3-6-15-10/h2,4-5,8,11,14H,3,6-7,13H2,1H3. The largest absolute Gasteiger partial charge is 0.490 e. The summed E-state index contributed by atoms with van der Waals surface area (Å²) in [6.07, 6.45) is 0.124. The van der Waals surface area contributed by atoms with E-state index >= 15 is 0 Å². The molecule has 0 radical (unpaired) electrons. The summed E-state index contributed by atoms with van der Waals surface area (Å²) in [5, 5.41) is 9.99. The third-order valence-electron chi connectivity index (χ3n) is 2.62. The summed E-state index contributed by atoms with van der Waals surface area (Å²) in [4.78, 5) is 0. The Hall–Kier alpha value is -1.26. The van der Waals surface area contributed by atoms with Crippen molar-refractivity contribution >= 4 is 0 Å². The molecule has 4 nitrogen and oxygen atoms in total. The van der Waals surface area contributed by atoms with E-state index in [0.29, 0.717) is 30.3 Å². The molecule has 1 aliphatic rings. The number of para-hydroxylation sites is 1. The zero-order valence-electron chi connectivity index (χ0n) is 9.35. The first-order valence-electron chi connectivity index (χ1n) is 5.52. The van der Waals surface area contributed by atoms with E-state index < -0.39 is 6.10 Å². The highest BCUT2D eigenvalue weighted by Gasteiger charge is 2.21. The van der Waals surface area contributed by atoms with Gasteiger partial charge in [0.2, 0.25) is 0 Å². The highest BCUT2D eigenvalue weighted by Crippen LogP contribution is 2.37. The van der Waals surface area contributed by atoms with Crippen LogP contribution in [0.1, 0.15) is 25.0 Å². The van der Waals surface area contributed by atoms with Gasteiger partial charge in [-0.1, -0.05) is 12.1 Å². The number of rotatable bonds is 2. The van der Waals surface area contributed by atoms with Gasteiger partial charge in [0.25, 0.3) is 0 Å². The van der Waals surface area contributed by atoms with E-state index in [1.165, 1.54) is 0 Å². The molecule has 1 aromatic carbocycles. The lowest BCUT2D eigenvalue weighted by Crippen LogP contribution is -2.24. The third-order valence-corrected chi connectivity index (χ3v) is 2.62. The number of hydrogen-bond donors (Lipinski definition) is 2. The van der Waals surface area contributed by atoms with Crippen LogP contribution in [0, 0.1) is 0 Å². The minimum absolute atomic E-state index is 0.335. The van der Waals surface area contributed by atoms with Crippen molar-refractivity contribution < 1.29 is 14.6 Å². The third kappa shape index (κ3) is 2.13. The minimum Gasteiger partial charge on any atom is -0.490 e. The van der Waals surface area contributed by atoms with Gasteiger partial charge in [-0.2, -0.15) is 0 Å². The predicted molar refractivity (Wildman–Crippen MR) is 60.7 cm³/mol. The maximum Gasteiger partial charge on any atom is 0.167 e. The van der Waals surface area contributed by atoms with Gasteiger partial charge >= 0.3 is 0 Å². The lowest BCUT2D eigenvalue weighted by Gasteiger charge is -2.19. The molecular formula is C12H17NO3. The van der Waals surface area contributed by atoms with E-state index in [1.807, 2.05) is 18.2 Å². The molecule has 2 rings (SSSR count). The number of aliphatic hydroxyl groups is 1. The van der Waals surface area contributed by atoms with Crippen LogP contribution in [0.5, 0.6) is 11.5 Å². The van der Waals surface area contributed by atoms with Crippen molar-refractivity contribution in [2.75, 3.05) is 13.2 Å². The highest BCUT2D eigenvalue weighted by molar-refractivity contribution is 5.48. The van der Waals surface area contributed by atoms with Crippen LogP contribution in [0.4, 0.5) is 0 Å². The fourth-order valence-electron chi connectivity index (χ4n) is 1.73. The number of fused-ring (bicyclic) bond motifs is 1. The van der Waals surface area contributed by atoms with Crippen LogP contribution in [0.25, 0.3) is 0 Å². The van der Waals surface area contributed by atoms with Gasteiger partial charge in [0, 0.05) is 18.0 Å². The number of ether oxygens (including phenoxy) is 2. The molecule has 1 aromatic rings. The fourth-order valence-corrected chi connectivity index (χ4v) is 1.73. The second-order valence-corrected chi connectivity index (χ2v) is 4.03. The molecule has 2 atom stereocenters. The monoisotopic (exact) mass is 223 g/mol. The molecule has 0 fully saturated rings. The van der Waals surface area contributed by atoms with Gasteiger partial charge in [0.05, 0.1) is 19.3 Å². The molecule has 3 N–H and O–H groups in total. The van der Waals surface area contributed by atoms with Crippen LogP contribution in [0.3, 0.4) is 0 Å². The molecule has 88 valence electrons. The Morgan fingerprint density at radius 3 is 2.81 bits per heavy atom. The average Bonchev–Trinajstić information content (AvgIpc) is 2.52. The smallest absolute Gasteiger partial charge is 0.167 e. The van der Waals surface area contributed by atoms with E-state index in [1.54, 1.807) is 6.92 Å². The predicted octanol–water partition coefficient (Wildman–Crippen LogP) is 1.23. The van der Waals surface area contributed by atoms with Crippen molar-refractivity contribution in [3.63, 3.8) is 0 Å². The topological polar surface area (TPSA) is 64.7 Å². The SMILES string of the molecule is CC(N)C(O)c1cccc2c1OCCCO2. The van der Waals surface area contributed by atoms with Crippen LogP contribution in [-0.2, 0) is 0 Å². The van der Waals surface area contributed by atoms with E-state index in [4.69, 9.17) is 15.2 Å². The van der Waals surface area contributed by atoms with Crippen molar-refractivity contribution in [1.29, 1.82) is 0 Å². The van der Waals surface area contributed by atoms with Gasteiger partial charge in [0.15, 0.2) is 11.5 Å². The van der Waals surface area contributed by atoms with Crippen molar-refractivity contribution in [3.05, 3.63) is 23.8 Å². The van der Waals surface area contributed by atoms with Crippen LogP contribution < -0.4 is 15.2 Å². The Morgan fingerprint density at radius 1 is 1.31 bits per heavy atom. The zero-order chi connectivity index (χ0) is 11.5. The van der Waals surface area contributed by atoms with Gasteiger partial charge < -0.3 is 20.3 Å². The van der Waals surface area contributed by atoms with Crippen LogP contribution in [0.2, 0.25) is 0 Å². The summed E-state index contributed by atoms with van der Waals surface area (Å²) < 4.78 is 11.2. The molecule has 16 heavy (non-hydrogen) atoms. The van der Waals surface area contributed by atoms with Gasteiger partial charge in [-0.25, -0.2) is 0 Å². The Labute approximate surface area is 95.0 Å². The van der Waals surface area contributed by atoms with E-state index in [0.717, 1.165) is 6.42 Å². The first kappa shape index (κ1) is 11.2. The lowest BCUT2D eigenvalue weighted by molar-refractivity contribution is 0.148. The lowest BCUT2D eigenvalue weighted by atomic mass is 10.0. The Morgan fingerprint density at radius 2 is 2.06 bits per heavy atom. The van der Waals surface area contributed by atoms with Crippen molar-refractivity contribution in [2.24, 2.45) is 5.73 Å². The normalized spacial score (nSPS) is 18.7. The molecule has 0 saturated carbocycles. The maximum absolute atomic E-state index is 9.99. The van der Waals surface area contributed by atoms with Crippen LogP contribution >= 0.6 is 0 Å².